The Kier molecular flexibility index (Phi) is 6.77. The molecule has 1 aliphatic rings. The van der Waals surface area contributed by atoms with E-state index in [2.05, 4.69) is 4.98 Å². The van der Waals surface area contributed by atoms with Gasteiger partial charge in [-0.15, -0.1) is 0 Å². The monoisotopic (exact) mass is 461 g/mol. The third kappa shape index (κ3) is 4.71. The maximum atomic E-state index is 13.2. The molecule has 34 heavy (non-hydrogen) atoms. The summed E-state index contributed by atoms with van der Waals surface area (Å²) in [5.74, 6) is -0.526. The first kappa shape index (κ1) is 23.2. The first-order chi connectivity index (χ1) is 16.4. The number of rotatable bonds is 5. The second-order valence-electron chi connectivity index (χ2n) is 8.28. The van der Waals surface area contributed by atoms with E-state index in [9.17, 15) is 14.4 Å². The van der Waals surface area contributed by atoms with Crippen LogP contribution in [0, 0.1) is 13.8 Å². The van der Waals surface area contributed by atoms with Crippen LogP contribution in [0.15, 0.2) is 53.5 Å². The Morgan fingerprint density at radius 2 is 1.88 bits per heavy atom. The van der Waals surface area contributed by atoms with Crippen molar-refractivity contribution >= 4 is 11.9 Å². The fraction of sp³-hybridized carbons (Fsp3) is 0.308. The Morgan fingerprint density at radius 3 is 2.59 bits per heavy atom. The molecule has 0 N–H and O–H groups in total. The molecular formula is C26H27N3O5. The fourth-order valence-corrected chi connectivity index (χ4v) is 4.25. The number of ether oxygens (including phenoxy) is 2. The van der Waals surface area contributed by atoms with Gasteiger partial charge in [0.1, 0.15) is 17.9 Å². The molecular weight excluding hydrogens is 434 g/mol. The molecule has 0 spiro atoms. The predicted molar refractivity (Wildman–Crippen MR) is 126 cm³/mol. The summed E-state index contributed by atoms with van der Waals surface area (Å²) in [6, 6.07) is 12.5. The van der Waals surface area contributed by atoms with E-state index in [4.69, 9.17) is 9.47 Å². The Morgan fingerprint density at radius 1 is 1.06 bits per heavy atom. The number of carbonyl (C=O) groups is 2. The molecule has 1 aliphatic heterocycles. The lowest BCUT2D eigenvalue weighted by Crippen LogP contribution is -2.34. The molecule has 0 radical (unpaired) electrons. The molecule has 1 aromatic carbocycles. The molecule has 3 heterocycles. The van der Waals surface area contributed by atoms with Crippen molar-refractivity contribution in [2.75, 3.05) is 20.2 Å². The van der Waals surface area contributed by atoms with Crippen molar-refractivity contribution in [3.05, 3.63) is 92.7 Å². The van der Waals surface area contributed by atoms with Gasteiger partial charge < -0.3 is 18.9 Å². The number of fused-ring (bicyclic) bond motifs is 1. The van der Waals surface area contributed by atoms with E-state index >= 15 is 0 Å². The zero-order valence-corrected chi connectivity index (χ0v) is 19.5. The average molecular weight is 462 g/mol. The molecule has 1 amide bonds. The van der Waals surface area contributed by atoms with Crippen molar-refractivity contribution in [3.63, 3.8) is 0 Å². The zero-order chi connectivity index (χ0) is 24.2. The Hall–Kier alpha value is -3.94. The Bertz CT molecular complexity index is 1280. The highest BCUT2D eigenvalue weighted by atomic mass is 16.5. The van der Waals surface area contributed by atoms with E-state index in [1.807, 2.05) is 38.1 Å². The summed E-state index contributed by atoms with van der Waals surface area (Å²) in [5.41, 5.74) is 3.72. The molecule has 176 valence electrons. The van der Waals surface area contributed by atoms with Crippen LogP contribution in [-0.2, 0) is 24.3 Å². The third-order valence-electron chi connectivity index (χ3n) is 5.98. The average Bonchev–Trinajstić information content (AvgIpc) is 3.06. The molecule has 0 unspecified atom stereocenters. The van der Waals surface area contributed by atoms with Crippen molar-refractivity contribution in [2.45, 2.75) is 33.4 Å². The van der Waals surface area contributed by atoms with Gasteiger partial charge in [0.05, 0.1) is 12.8 Å². The molecule has 0 fully saturated rings. The largest absolute Gasteiger partial charge is 0.486 e. The SMILES string of the molecule is COC(=O)c1c(OCc2ccccn2)cc(=O)n2c1CCN(C(=O)c1ccc(C)cc1C)CC2. The minimum atomic E-state index is -0.589. The number of benzene rings is 1. The van der Waals surface area contributed by atoms with Crippen molar-refractivity contribution in [1.29, 1.82) is 0 Å². The molecule has 4 rings (SSSR count). The summed E-state index contributed by atoms with van der Waals surface area (Å²) in [4.78, 5) is 44.9. The van der Waals surface area contributed by atoms with E-state index in [1.165, 1.54) is 17.7 Å². The number of esters is 1. The van der Waals surface area contributed by atoms with Gasteiger partial charge in [-0.25, -0.2) is 4.79 Å². The zero-order valence-electron chi connectivity index (χ0n) is 19.5. The van der Waals surface area contributed by atoms with Crippen molar-refractivity contribution < 1.29 is 19.1 Å². The molecule has 3 aromatic rings. The lowest BCUT2D eigenvalue weighted by molar-refractivity contribution is 0.0592. The van der Waals surface area contributed by atoms with Crippen LogP contribution < -0.4 is 10.3 Å². The van der Waals surface area contributed by atoms with Gasteiger partial charge in [-0.3, -0.25) is 14.6 Å². The lowest BCUT2D eigenvalue weighted by Gasteiger charge is -2.21. The first-order valence-electron chi connectivity index (χ1n) is 11.1. The highest BCUT2D eigenvalue weighted by Crippen LogP contribution is 2.25. The maximum Gasteiger partial charge on any atom is 0.343 e. The van der Waals surface area contributed by atoms with Crippen LogP contribution in [0.3, 0.4) is 0 Å². The minimum absolute atomic E-state index is 0.0930. The number of aromatic nitrogens is 2. The quantitative estimate of drug-likeness (QED) is 0.543. The molecule has 8 heteroatoms. The van der Waals surface area contributed by atoms with Gasteiger partial charge in [-0.2, -0.15) is 0 Å². The van der Waals surface area contributed by atoms with Gasteiger partial charge in [0, 0.05) is 49.6 Å². The summed E-state index contributed by atoms with van der Waals surface area (Å²) in [6.45, 7) is 4.99. The van der Waals surface area contributed by atoms with Crippen LogP contribution in [0.4, 0.5) is 0 Å². The normalized spacial score (nSPS) is 13.1. The number of amides is 1. The van der Waals surface area contributed by atoms with Gasteiger partial charge in [-0.1, -0.05) is 23.8 Å². The molecule has 0 saturated heterocycles. The number of hydrogen-bond donors (Lipinski definition) is 0. The molecule has 2 aromatic heterocycles. The van der Waals surface area contributed by atoms with Gasteiger partial charge >= 0.3 is 5.97 Å². The van der Waals surface area contributed by atoms with Crippen LogP contribution in [0.2, 0.25) is 0 Å². The first-order valence-corrected chi connectivity index (χ1v) is 11.1. The molecule has 0 bridgehead atoms. The highest BCUT2D eigenvalue weighted by molar-refractivity contribution is 5.96. The van der Waals surface area contributed by atoms with Crippen LogP contribution in [0.5, 0.6) is 5.75 Å². The van der Waals surface area contributed by atoms with E-state index in [-0.39, 0.29) is 35.9 Å². The summed E-state index contributed by atoms with van der Waals surface area (Å²) < 4.78 is 12.4. The summed E-state index contributed by atoms with van der Waals surface area (Å²) in [6.07, 6.45) is 1.96. The number of hydrogen-bond acceptors (Lipinski definition) is 6. The predicted octanol–water partition coefficient (Wildman–Crippen LogP) is 2.92. The van der Waals surface area contributed by atoms with E-state index in [1.54, 1.807) is 23.2 Å². The molecule has 8 nitrogen and oxygen atoms in total. The highest BCUT2D eigenvalue weighted by Gasteiger charge is 2.28. The van der Waals surface area contributed by atoms with Crippen molar-refractivity contribution in [2.24, 2.45) is 0 Å². The third-order valence-corrected chi connectivity index (χ3v) is 5.98. The van der Waals surface area contributed by atoms with E-state index in [0.717, 1.165) is 11.1 Å². The minimum Gasteiger partial charge on any atom is -0.486 e. The van der Waals surface area contributed by atoms with Crippen molar-refractivity contribution in [3.8, 4) is 5.75 Å². The van der Waals surface area contributed by atoms with Crippen LogP contribution >= 0.6 is 0 Å². The number of methoxy groups -OCH3 is 1. The lowest BCUT2D eigenvalue weighted by atomic mass is 10.0. The van der Waals surface area contributed by atoms with Crippen LogP contribution in [-0.4, -0.2) is 46.5 Å². The molecule has 0 atom stereocenters. The standard InChI is InChI=1S/C26H27N3O5/c1-17-7-8-20(18(2)14-17)25(31)28-11-9-21-24(26(32)33-3)22(15-23(30)29(21)13-12-28)34-16-19-6-4-5-10-27-19/h4-8,10,14-15H,9,11-13,16H2,1-3H3. The summed E-state index contributed by atoms with van der Waals surface area (Å²) in [5, 5.41) is 0. The number of carbonyl (C=O) groups excluding carboxylic acids is 2. The van der Waals surface area contributed by atoms with E-state index in [0.29, 0.717) is 36.5 Å². The number of aryl methyl sites for hydroxylation is 2. The second kappa shape index (κ2) is 9.91. The van der Waals surface area contributed by atoms with Crippen LogP contribution in [0.25, 0.3) is 0 Å². The number of pyridine rings is 2. The second-order valence-corrected chi connectivity index (χ2v) is 8.28. The molecule has 0 aliphatic carbocycles. The van der Waals surface area contributed by atoms with Crippen LogP contribution in [0.1, 0.15) is 43.2 Å². The van der Waals surface area contributed by atoms with Crippen molar-refractivity contribution in [1.82, 2.24) is 14.5 Å². The molecule has 0 saturated carbocycles. The van der Waals surface area contributed by atoms with Gasteiger partial charge in [0.15, 0.2) is 0 Å². The van der Waals surface area contributed by atoms with E-state index < -0.39 is 5.97 Å². The Labute approximate surface area is 197 Å². The Balaban J connectivity index is 1.65. The van der Waals surface area contributed by atoms with Gasteiger partial charge in [0.25, 0.3) is 11.5 Å². The van der Waals surface area contributed by atoms with Gasteiger partial charge in [0.2, 0.25) is 0 Å². The number of nitrogens with zero attached hydrogens (tertiary/aromatic N) is 3. The summed E-state index contributed by atoms with van der Waals surface area (Å²) >= 11 is 0. The topological polar surface area (TPSA) is 90.7 Å². The summed E-state index contributed by atoms with van der Waals surface area (Å²) in [7, 11) is 1.29. The maximum absolute atomic E-state index is 13.2. The van der Waals surface area contributed by atoms with Gasteiger partial charge in [-0.05, 0) is 37.6 Å². The smallest absolute Gasteiger partial charge is 0.343 e. The fourth-order valence-electron chi connectivity index (χ4n) is 4.25.